The molecule has 0 amide bonds. The van der Waals surface area contributed by atoms with Gasteiger partial charge < -0.3 is 8.54 Å². The van der Waals surface area contributed by atoms with Gasteiger partial charge in [0.25, 0.3) is 0 Å². The van der Waals surface area contributed by atoms with E-state index in [2.05, 4.69) is 58.9 Å². The summed E-state index contributed by atoms with van der Waals surface area (Å²) in [5.74, 6) is 2.40. The maximum atomic E-state index is 5.66. The van der Waals surface area contributed by atoms with Gasteiger partial charge in [0.1, 0.15) is 0 Å². The Kier molecular flexibility index (Phi) is 4.48. The molecule has 0 saturated heterocycles. The van der Waals surface area contributed by atoms with Crippen molar-refractivity contribution < 1.29 is 8.54 Å². The fraction of sp³-hybridized carbons (Fsp3) is 0.471. The number of carbonyl (C=O) groups excluding carboxylic acids is 1. The van der Waals surface area contributed by atoms with Crippen LogP contribution in [0.3, 0.4) is 0 Å². The van der Waals surface area contributed by atoms with Crippen LogP contribution in [0.1, 0.15) is 56.3 Å². The Bertz CT molecular complexity index is 521. The van der Waals surface area contributed by atoms with Gasteiger partial charge in [-0.1, -0.05) is 46.8 Å². The smallest absolute Gasteiger partial charge is 0.464 e. The highest BCUT2D eigenvalue weighted by Crippen LogP contribution is 2.24. The average molecular weight is 287 g/mol. The summed E-state index contributed by atoms with van der Waals surface area (Å²) < 4.78 is 11.3. The largest absolute Gasteiger partial charge is 1.02 e. The van der Waals surface area contributed by atoms with Crippen molar-refractivity contribution in [2.45, 2.75) is 46.5 Å². The molecular weight excluding hydrogens is 264 g/mol. The first-order valence-corrected chi connectivity index (χ1v) is 8.01. The van der Waals surface area contributed by atoms with E-state index in [1.807, 2.05) is 6.08 Å². The average Bonchev–Trinajstić information content (AvgIpc) is 2.46. The topological polar surface area (TPSA) is 20.5 Å². The van der Waals surface area contributed by atoms with Crippen LogP contribution in [-0.2, 0) is 9.84 Å². The number of benzene rings is 1. The van der Waals surface area contributed by atoms with E-state index in [1.165, 1.54) is 5.56 Å². The van der Waals surface area contributed by atoms with Gasteiger partial charge in [-0.25, -0.2) is 0 Å². The molecule has 1 aliphatic heterocycles. The highest BCUT2D eigenvalue weighted by atomic mass is 28.2. The summed E-state index contributed by atoms with van der Waals surface area (Å²) in [4.78, 5) is 0. The second kappa shape index (κ2) is 5.96. The predicted octanol–water partition coefficient (Wildman–Crippen LogP) is 4.20. The summed E-state index contributed by atoms with van der Waals surface area (Å²) in [6.07, 6.45) is 3.11. The minimum atomic E-state index is 0.0647. The fourth-order valence-electron chi connectivity index (χ4n) is 2.02. The molecule has 1 aromatic carbocycles. The zero-order valence-corrected chi connectivity index (χ0v) is 14.0. The molecule has 0 bridgehead atoms. The number of rotatable bonds is 3. The van der Waals surface area contributed by atoms with Gasteiger partial charge in [0, 0.05) is 5.92 Å². The van der Waals surface area contributed by atoms with Crippen molar-refractivity contribution >= 4 is 15.8 Å². The van der Waals surface area contributed by atoms with Crippen LogP contribution >= 0.6 is 0 Å². The molecule has 0 aromatic heterocycles. The van der Waals surface area contributed by atoms with Crippen molar-refractivity contribution in [3.8, 4) is 0 Å². The number of hydrogen-bond acceptors (Lipinski definition) is 1. The molecule has 3 heteroatoms. The van der Waals surface area contributed by atoms with E-state index in [9.17, 15) is 0 Å². The second-order valence-corrected chi connectivity index (χ2v) is 6.91. The Hall–Kier alpha value is -1.35. The van der Waals surface area contributed by atoms with Gasteiger partial charge in [-0.15, -0.1) is 0 Å². The second-order valence-electron chi connectivity index (χ2n) is 6.34. The van der Waals surface area contributed by atoms with Crippen molar-refractivity contribution in [3.05, 3.63) is 47.2 Å². The lowest BCUT2D eigenvalue weighted by Gasteiger charge is -2.18. The van der Waals surface area contributed by atoms with E-state index in [-0.39, 0.29) is 15.4 Å². The summed E-state index contributed by atoms with van der Waals surface area (Å²) in [7, 11) is 0.0647. The lowest BCUT2D eigenvalue weighted by Crippen LogP contribution is -2.16. The van der Waals surface area contributed by atoms with E-state index in [0.29, 0.717) is 5.92 Å². The molecule has 106 valence electrons. The van der Waals surface area contributed by atoms with E-state index in [4.69, 9.17) is 8.54 Å². The lowest BCUT2D eigenvalue weighted by molar-refractivity contribution is -0.108. The maximum absolute atomic E-state index is 5.66. The summed E-state index contributed by atoms with van der Waals surface area (Å²) in [5.41, 5.74) is 2.64. The van der Waals surface area contributed by atoms with Crippen LogP contribution in [-0.4, -0.2) is 15.8 Å². The molecule has 0 spiro atoms. The van der Waals surface area contributed by atoms with Crippen molar-refractivity contribution in [2.24, 2.45) is 5.92 Å². The van der Waals surface area contributed by atoms with Crippen molar-refractivity contribution in [1.29, 1.82) is 0 Å². The first-order chi connectivity index (χ1) is 9.41. The summed E-state index contributed by atoms with van der Waals surface area (Å²) >= 11 is 0. The number of hydrogen-bond donors (Lipinski definition) is 0. The van der Waals surface area contributed by atoms with Crippen LogP contribution in [0.2, 0.25) is 0 Å². The van der Waals surface area contributed by atoms with Crippen LogP contribution in [0.15, 0.2) is 36.1 Å². The van der Waals surface area contributed by atoms with Crippen LogP contribution in [0.5, 0.6) is 0 Å². The van der Waals surface area contributed by atoms with Crippen LogP contribution in [0.25, 0.3) is 0 Å². The van der Waals surface area contributed by atoms with E-state index < -0.39 is 0 Å². The number of ketones is 1. The molecule has 0 fully saturated rings. The third kappa shape index (κ3) is 3.40. The van der Waals surface area contributed by atoms with Gasteiger partial charge in [0.05, 0.1) is 17.4 Å². The molecule has 1 aromatic rings. The fourth-order valence-corrected chi connectivity index (χ4v) is 2.69. The molecule has 1 unspecified atom stereocenters. The highest BCUT2D eigenvalue weighted by molar-refractivity contribution is 6.22. The van der Waals surface area contributed by atoms with E-state index in [0.717, 1.165) is 23.5 Å². The minimum absolute atomic E-state index is 0.0647. The molecule has 1 atom stereocenters. The Morgan fingerprint density at radius 3 is 2.40 bits per heavy atom. The summed E-state index contributed by atoms with van der Waals surface area (Å²) in [6.45, 7) is 11.0. The molecule has 0 aliphatic carbocycles. The van der Waals surface area contributed by atoms with Gasteiger partial charge in [-0.3, -0.25) is 0 Å². The molecule has 2 rings (SSSR count). The lowest BCUT2D eigenvalue weighted by atomic mass is 9.86. The van der Waals surface area contributed by atoms with Crippen molar-refractivity contribution in [1.82, 2.24) is 0 Å². The molecule has 1 aliphatic rings. The maximum Gasteiger partial charge on any atom is 1.02 e. The van der Waals surface area contributed by atoms with Crippen molar-refractivity contribution in [3.63, 3.8) is 0 Å². The van der Waals surface area contributed by atoms with E-state index in [1.54, 1.807) is 0 Å². The normalized spacial score (nSPS) is 17.1. The molecule has 0 N–H and O–H groups in total. The van der Waals surface area contributed by atoms with Gasteiger partial charge >= 0.3 is 15.8 Å². The summed E-state index contributed by atoms with van der Waals surface area (Å²) in [6, 6.07) is 8.63. The zero-order chi connectivity index (χ0) is 14.8. The Morgan fingerprint density at radius 2 is 1.85 bits per heavy atom. The first kappa shape index (κ1) is 15.0. The Balaban J connectivity index is 2.24. The monoisotopic (exact) mass is 287 g/mol. The molecule has 2 radical (unpaired) electrons. The highest BCUT2D eigenvalue weighted by Gasteiger charge is 2.29. The predicted molar refractivity (Wildman–Crippen MR) is 83.8 cm³/mol. The van der Waals surface area contributed by atoms with Gasteiger partial charge in [-0.05, 0) is 29.5 Å². The SMILES string of the molecule is CCC(C)C1=CC(c2ccc(C(C)(C)C)cc2)=[O+][Si]O1. The standard InChI is InChI=1S/C17H23O2Si/c1-6-12(2)15-11-16(19-20-18-15)13-7-9-14(10-8-13)17(3,4)5/h7-12H,6H2,1-5H3/q+1. The Labute approximate surface area is 124 Å². The zero-order valence-electron chi connectivity index (χ0n) is 13.0. The molecular formula is C17H23O2Si+. The van der Waals surface area contributed by atoms with Crippen LogP contribution in [0, 0.1) is 5.92 Å². The van der Waals surface area contributed by atoms with Crippen molar-refractivity contribution in [2.75, 3.05) is 0 Å². The minimum Gasteiger partial charge on any atom is -0.464 e. The third-order valence-electron chi connectivity index (χ3n) is 3.72. The molecule has 0 saturated carbocycles. The molecule has 20 heavy (non-hydrogen) atoms. The molecule has 2 nitrogen and oxygen atoms in total. The molecule has 1 heterocycles. The number of allylic oxidation sites excluding steroid dienone is 2. The summed E-state index contributed by atoms with van der Waals surface area (Å²) in [5, 5.41) is 0. The van der Waals surface area contributed by atoms with Gasteiger partial charge in [0.2, 0.25) is 0 Å². The van der Waals surface area contributed by atoms with Crippen LogP contribution < -0.4 is 0 Å². The van der Waals surface area contributed by atoms with Gasteiger partial charge in [0.15, 0.2) is 0 Å². The quantitative estimate of drug-likeness (QED) is 0.603. The Morgan fingerprint density at radius 1 is 1.20 bits per heavy atom. The van der Waals surface area contributed by atoms with Crippen LogP contribution in [0.4, 0.5) is 0 Å². The first-order valence-electron chi connectivity index (χ1n) is 7.20. The van der Waals surface area contributed by atoms with Gasteiger partial charge in [-0.2, -0.15) is 0 Å². The van der Waals surface area contributed by atoms with E-state index >= 15 is 0 Å². The third-order valence-corrected chi connectivity index (χ3v) is 4.34.